The van der Waals surface area contributed by atoms with E-state index in [1.54, 1.807) is 0 Å². The summed E-state index contributed by atoms with van der Waals surface area (Å²) in [5.74, 6) is -0.786. The minimum Gasteiger partial charge on any atom is -0.495 e. The lowest BCUT2D eigenvalue weighted by Gasteiger charge is -2.14. The van der Waals surface area contributed by atoms with Crippen molar-refractivity contribution in [2.75, 3.05) is 12.8 Å². The minimum absolute atomic E-state index is 0.140. The predicted octanol–water partition coefficient (Wildman–Crippen LogP) is 0.780. The van der Waals surface area contributed by atoms with E-state index in [2.05, 4.69) is 4.98 Å². The van der Waals surface area contributed by atoms with Gasteiger partial charge in [-0.1, -0.05) is 11.3 Å². The van der Waals surface area contributed by atoms with Gasteiger partial charge < -0.3 is 10.5 Å². The molecule has 0 fully saturated rings. The molecule has 0 amide bonds. The first-order chi connectivity index (χ1) is 12.7. The van der Waals surface area contributed by atoms with Gasteiger partial charge in [0.1, 0.15) is 15.5 Å². The predicted molar refractivity (Wildman–Crippen MR) is 97.5 cm³/mol. The van der Waals surface area contributed by atoms with Gasteiger partial charge in [-0.15, -0.1) is 0 Å². The number of fused-ring (bicyclic) bond motifs is 3. The highest BCUT2D eigenvalue weighted by Gasteiger charge is 2.32. The smallest absolute Gasteiger partial charge is 0.299 e. The van der Waals surface area contributed by atoms with Crippen molar-refractivity contribution in [3.63, 3.8) is 0 Å². The zero-order valence-corrected chi connectivity index (χ0v) is 16.8. The molecule has 0 aliphatic carbocycles. The molecule has 3 rings (SSSR count). The summed E-state index contributed by atoms with van der Waals surface area (Å²) >= 11 is 0.664. The van der Waals surface area contributed by atoms with Gasteiger partial charge in [0.15, 0.2) is 10.0 Å². The molecule has 28 heavy (non-hydrogen) atoms. The molecule has 2 aromatic carbocycles. The summed E-state index contributed by atoms with van der Waals surface area (Å²) in [6.07, 6.45) is 0. The molecule has 1 aromatic heterocycles. The molecule has 0 atom stereocenters. The van der Waals surface area contributed by atoms with Gasteiger partial charge >= 0.3 is 0 Å². The van der Waals surface area contributed by atoms with Gasteiger partial charge in [0.05, 0.1) is 17.3 Å². The topological polar surface area (TPSA) is 211 Å². The Morgan fingerprint density at radius 2 is 1.46 bits per heavy atom. The van der Waals surface area contributed by atoms with E-state index < -0.39 is 50.8 Å². The third-order valence-electron chi connectivity index (χ3n) is 3.66. The van der Waals surface area contributed by atoms with Crippen LogP contribution in [-0.4, -0.2) is 51.0 Å². The molecule has 1 heterocycles. The Kier molecular flexibility index (Phi) is 4.58. The summed E-state index contributed by atoms with van der Waals surface area (Å²) in [5, 5.41) is -0.626. The highest BCUT2D eigenvalue weighted by Crippen LogP contribution is 2.44. The van der Waals surface area contributed by atoms with Crippen LogP contribution in [0.3, 0.4) is 0 Å². The molecule has 0 aliphatic rings. The fourth-order valence-electron chi connectivity index (χ4n) is 2.68. The molecule has 0 spiro atoms. The normalized spacial score (nSPS) is 13.3. The largest absolute Gasteiger partial charge is 0.495 e. The highest BCUT2D eigenvalue weighted by atomic mass is 32.2. The van der Waals surface area contributed by atoms with E-state index in [0.29, 0.717) is 17.4 Å². The summed E-state index contributed by atoms with van der Waals surface area (Å²) in [6, 6.07) is 1.48. The number of methoxy groups -OCH3 is 1. The number of nitrogen functional groups attached to an aromatic ring is 1. The van der Waals surface area contributed by atoms with Crippen molar-refractivity contribution in [2.45, 2.75) is 14.7 Å². The molecule has 152 valence electrons. The zero-order valence-electron chi connectivity index (χ0n) is 13.5. The summed E-state index contributed by atoms with van der Waals surface area (Å²) in [4.78, 5) is 0.664. The number of rotatable bonds is 4. The van der Waals surface area contributed by atoms with Crippen molar-refractivity contribution in [3.05, 3.63) is 12.1 Å². The van der Waals surface area contributed by atoms with Gasteiger partial charge in [-0.3, -0.25) is 13.7 Å². The highest BCUT2D eigenvalue weighted by molar-refractivity contribution is 7.89. The van der Waals surface area contributed by atoms with E-state index in [1.165, 1.54) is 0 Å². The van der Waals surface area contributed by atoms with Crippen LogP contribution in [0.25, 0.3) is 21.0 Å². The van der Waals surface area contributed by atoms with Crippen LogP contribution in [0.1, 0.15) is 0 Å². The SMILES string of the molecule is COc1c(S(=O)(=O)O)c(S(=O)(=O)O)cc2c1cc(S(=O)(=O)O)c1sc(N)nc12. The monoisotopic (exact) mass is 470 g/mol. The quantitative estimate of drug-likeness (QED) is 0.389. The van der Waals surface area contributed by atoms with Gasteiger partial charge in [0, 0.05) is 10.8 Å². The molecular formula is C12H10N2O10S4. The average Bonchev–Trinajstić information content (AvgIpc) is 2.90. The molecule has 0 saturated heterocycles. The zero-order chi connectivity index (χ0) is 21.2. The van der Waals surface area contributed by atoms with Crippen LogP contribution in [0.4, 0.5) is 5.13 Å². The maximum absolute atomic E-state index is 11.8. The standard InChI is InChI=1S/C12H10N2O10S4/c1-24-9-5-3-6(26(15,16)17)10-8(14-12(13)25-10)4(5)2-7(27(18,19)20)11(9)28(21,22)23/h2-3H,1H3,(H2,13,14)(H,15,16,17)(H,18,19,20)(H,21,22,23). The molecular weight excluding hydrogens is 460 g/mol. The first kappa shape index (κ1) is 20.6. The second-order valence-corrected chi connectivity index (χ2v) is 10.5. The van der Waals surface area contributed by atoms with Crippen LogP contribution >= 0.6 is 11.3 Å². The van der Waals surface area contributed by atoms with Crippen molar-refractivity contribution < 1.29 is 43.6 Å². The van der Waals surface area contributed by atoms with Gasteiger partial charge in [0.25, 0.3) is 30.4 Å². The Morgan fingerprint density at radius 3 is 1.93 bits per heavy atom. The Bertz CT molecular complexity index is 1470. The Balaban J connectivity index is 2.78. The molecule has 16 heteroatoms. The van der Waals surface area contributed by atoms with Crippen LogP contribution < -0.4 is 10.5 Å². The van der Waals surface area contributed by atoms with E-state index >= 15 is 0 Å². The number of hydrogen-bond donors (Lipinski definition) is 4. The maximum atomic E-state index is 11.8. The van der Waals surface area contributed by atoms with Crippen LogP contribution in [-0.2, 0) is 30.4 Å². The van der Waals surface area contributed by atoms with E-state index in [9.17, 15) is 38.9 Å². The van der Waals surface area contributed by atoms with E-state index in [-0.39, 0.29) is 26.1 Å². The molecule has 12 nitrogen and oxygen atoms in total. The lowest BCUT2D eigenvalue weighted by molar-refractivity contribution is 0.396. The lowest BCUT2D eigenvalue weighted by atomic mass is 10.1. The van der Waals surface area contributed by atoms with Crippen LogP contribution in [0, 0.1) is 0 Å². The van der Waals surface area contributed by atoms with Crippen LogP contribution in [0.2, 0.25) is 0 Å². The number of benzene rings is 2. The first-order valence-corrected chi connectivity index (χ1v) is 12.0. The molecule has 5 N–H and O–H groups in total. The molecule has 0 saturated carbocycles. The van der Waals surface area contributed by atoms with Gasteiger partial charge in [0.2, 0.25) is 0 Å². The molecule has 0 unspecified atom stereocenters. The summed E-state index contributed by atoms with van der Waals surface area (Å²) in [5.41, 5.74) is 5.39. The lowest BCUT2D eigenvalue weighted by Crippen LogP contribution is -2.11. The number of thiazole rings is 1. The third-order valence-corrected chi connectivity index (χ3v) is 7.51. The van der Waals surface area contributed by atoms with Crippen molar-refractivity contribution in [3.8, 4) is 5.75 Å². The van der Waals surface area contributed by atoms with E-state index in [0.717, 1.165) is 13.2 Å². The third kappa shape index (κ3) is 3.28. The van der Waals surface area contributed by atoms with Crippen molar-refractivity contribution in [1.29, 1.82) is 0 Å². The van der Waals surface area contributed by atoms with Crippen LogP contribution in [0.15, 0.2) is 26.8 Å². The summed E-state index contributed by atoms with van der Waals surface area (Å²) in [6.45, 7) is 0. The number of aromatic nitrogens is 1. The Labute approximate surface area is 161 Å². The number of nitrogens with zero attached hydrogens (tertiary/aromatic N) is 1. The van der Waals surface area contributed by atoms with Crippen molar-refractivity contribution in [2.24, 2.45) is 0 Å². The fourth-order valence-corrected chi connectivity index (χ4v) is 6.45. The van der Waals surface area contributed by atoms with Crippen LogP contribution in [0.5, 0.6) is 5.75 Å². The second kappa shape index (κ2) is 6.21. The van der Waals surface area contributed by atoms with E-state index in [4.69, 9.17) is 10.5 Å². The number of anilines is 1. The molecule has 0 aliphatic heterocycles. The first-order valence-electron chi connectivity index (χ1n) is 6.82. The van der Waals surface area contributed by atoms with Gasteiger partial charge in [-0.05, 0) is 12.1 Å². The van der Waals surface area contributed by atoms with Gasteiger partial charge in [-0.25, -0.2) is 4.98 Å². The Hall–Kier alpha value is -2.08. The minimum atomic E-state index is -5.27. The molecule has 0 radical (unpaired) electrons. The Morgan fingerprint density at radius 1 is 0.929 bits per heavy atom. The summed E-state index contributed by atoms with van der Waals surface area (Å²) < 4.78 is 104. The molecule has 3 aromatic rings. The van der Waals surface area contributed by atoms with Gasteiger partial charge in [-0.2, -0.15) is 25.3 Å². The fraction of sp³-hybridized carbons (Fsp3) is 0.0833. The van der Waals surface area contributed by atoms with Crippen molar-refractivity contribution in [1.82, 2.24) is 4.98 Å². The summed E-state index contributed by atoms with van der Waals surface area (Å²) in [7, 11) is -14.4. The number of ether oxygens (including phenoxy) is 1. The van der Waals surface area contributed by atoms with E-state index in [1.807, 2.05) is 0 Å². The number of nitrogens with two attached hydrogens (primary N) is 1. The van der Waals surface area contributed by atoms with Crippen molar-refractivity contribution >= 4 is 67.8 Å². The molecule has 0 bridgehead atoms. The second-order valence-electron chi connectivity index (χ2n) is 5.36. The average molecular weight is 470 g/mol. The maximum Gasteiger partial charge on any atom is 0.299 e. The number of hydrogen-bond acceptors (Lipinski definition) is 10.